The van der Waals surface area contributed by atoms with Crippen LogP contribution < -0.4 is 10.3 Å². The molecule has 7 heteroatoms. The number of ketones is 2. The Morgan fingerprint density at radius 1 is 0.630 bits per heavy atom. The van der Waals surface area contributed by atoms with Gasteiger partial charge in [-0.1, -0.05) is 54.6 Å². The molecule has 0 amide bonds. The molecule has 3 aromatic carbocycles. The van der Waals surface area contributed by atoms with Gasteiger partial charge >= 0.3 is 0 Å². The van der Waals surface area contributed by atoms with Crippen LogP contribution in [0.2, 0.25) is 0 Å². The minimum Gasteiger partial charge on any atom is -0.308 e. The first-order chi connectivity index (χ1) is 13.0. The Labute approximate surface area is 155 Å². The summed E-state index contributed by atoms with van der Waals surface area (Å²) in [7, 11) is -4.09. The molecule has 0 aromatic heterocycles. The molecule has 0 bridgehead atoms. The van der Waals surface area contributed by atoms with E-state index in [0.29, 0.717) is 5.69 Å². The van der Waals surface area contributed by atoms with Gasteiger partial charge in [0.15, 0.2) is 11.6 Å². The maximum absolute atomic E-state index is 12.9. The maximum Gasteiger partial charge on any atom is 0.258 e. The van der Waals surface area contributed by atoms with Gasteiger partial charge in [0.25, 0.3) is 10.0 Å². The standard InChI is InChI=1S/C20H14N2O4S/c23-19-14-9-4-5-10-15(14)20(24)18-16(19)11-6-12-17(18)27(25,26)22-21-13-7-2-1-3-8-13/h1-12,21-22H. The molecule has 0 saturated carbocycles. The molecule has 1 aliphatic rings. The first-order valence-corrected chi connectivity index (χ1v) is 9.62. The van der Waals surface area contributed by atoms with Crippen molar-refractivity contribution in [3.05, 3.63) is 95.1 Å². The number of benzene rings is 3. The minimum absolute atomic E-state index is 0.0845. The second kappa shape index (κ2) is 6.46. The zero-order valence-electron chi connectivity index (χ0n) is 14.0. The molecule has 27 heavy (non-hydrogen) atoms. The fourth-order valence-electron chi connectivity index (χ4n) is 3.04. The smallest absolute Gasteiger partial charge is 0.258 e. The van der Waals surface area contributed by atoms with E-state index in [-0.39, 0.29) is 32.9 Å². The molecular formula is C20H14N2O4S. The maximum atomic E-state index is 12.9. The number of carbonyl (C=O) groups is 2. The summed E-state index contributed by atoms with van der Waals surface area (Å²) in [6, 6.07) is 19.3. The number of fused-ring (bicyclic) bond motifs is 2. The quantitative estimate of drug-likeness (QED) is 0.533. The van der Waals surface area contributed by atoms with Crippen molar-refractivity contribution in [1.82, 2.24) is 4.83 Å². The van der Waals surface area contributed by atoms with Crippen molar-refractivity contribution in [2.24, 2.45) is 0 Å². The number of sulfonamides is 1. The van der Waals surface area contributed by atoms with Crippen LogP contribution in [0.5, 0.6) is 0 Å². The Bertz CT molecular complexity index is 1170. The molecule has 0 radical (unpaired) electrons. The van der Waals surface area contributed by atoms with Crippen LogP contribution in [0.1, 0.15) is 31.8 Å². The molecular weight excluding hydrogens is 364 g/mol. The number of hydrogen-bond donors (Lipinski definition) is 2. The summed E-state index contributed by atoms with van der Waals surface area (Å²) in [5.74, 6) is -0.853. The van der Waals surface area contributed by atoms with Crippen LogP contribution in [0, 0.1) is 0 Å². The fourth-order valence-corrected chi connectivity index (χ4v) is 4.13. The number of carbonyl (C=O) groups excluding carboxylic acids is 2. The van der Waals surface area contributed by atoms with Crippen molar-refractivity contribution < 1.29 is 18.0 Å². The van der Waals surface area contributed by atoms with Crippen LogP contribution >= 0.6 is 0 Å². The number of hydrogen-bond acceptors (Lipinski definition) is 5. The largest absolute Gasteiger partial charge is 0.308 e. The van der Waals surface area contributed by atoms with E-state index < -0.39 is 15.8 Å². The molecule has 0 fully saturated rings. The van der Waals surface area contributed by atoms with Gasteiger partial charge in [0, 0.05) is 22.4 Å². The van der Waals surface area contributed by atoms with Crippen LogP contribution in [0.25, 0.3) is 0 Å². The van der Waals surface area contributed by atoms with Gasteiger partial charge in [-0.05, 0) is 18.2 Å². The van der Waals surface area contributed by atoms with Crippen molar-refractivity contribution in [2.45, 2.75) is 4.90 Å². The molecule has 0 atom stereocenters. The van der Waals surface area contributed by atoms with Crippen molar-refractivity contribution in [3.8, 4) is 0 Å². The molecule has 4 rings (SSSR count). The summed E-state index contributed by atoms with van der Waals surface area (Å²) in [4.78, 5) is 27.7. The van der Waals surface area contributed by atoms with Crippen molar-refractivity contribution in [1.29, 1.82) is 0 Å². The number of hydrazine groups is 1. The average molecular weight is 378 g/mol. The number of rotatable bonds is 4. The second-order valence-electron chi connectivity index (χ2n) is 5.98. The highest BCUT2D eigenvalue weighted by Gasteiger charge is 2.34. The van der Waals surface area contributed by atoms with Gasteiger partial charge in [-0.3, -0.25) is 9.59 Å². The Kier molecular flexibility index (Phi) is 4.10. The summed E-state index contributed by atoms with van der Waals surface area (Å²) < 4.78 is 25.6. The third-order valence-corrected chi connectivity index (χ3v) is 5.60. The molecule has 1 aliphatic carbocycles. The summed E-state index contributed by atoms with van der Waals surface area (Å²) in [6.45, 7) is 0. The third kappa shape index (κ3) is 2.92. The van der Waals surface area contributed by atoms with Gasteiger partial charge in [-0.25, -0.2) is 8.42 Å². The van der Waals surface area contributed by atoms with Crippen LogP contribution in [0.3, 0.4) is 0 Å². The Balaban J connectivity index is 1.77. The third-order valence-electron chi connectivity index (χ3n) is 4.31. The average Bonchev–Trinajstić information content (AvgIpc) is 2.71. The Morgan fingerprint density at radius 3 is 1.93 bits per heavy atom. The van der Waals surface area contributed by atoms with Crippen molar-refractivity contribution in [3.63, 3.8) is 0 Å². The van der Waals surface area contributed by atoms with E-state index in [1.807, 2.05) is 0 Å². The van der Waals surface area contributed by atoms with Gasteiger partial charge in [0.1, 0.15) is 0 Å². The number of para-hydroxylation sites is 1. The van der Waals surface area contributed by atoms with Crippen LogP contribution in [-0.4, -0.2) is 20.0 Å². The molecule has 6 nitrogen and oxygen atoms in total. The van der Waals surface area contributed by atoms with E-state index in [1.165, 1.54) is 24.3 Å². The first kappa shape index (κ1) is 17.1. The minimum atomic E-state index is -4.09. The SMILES string of the molecule is O=C1c2ccccc2C(=O)c2c1cccc2S(=O)(=O)NNc1ccccc1. The van der Waals surface area contributed by atoms with Crippen LogP contribution in [0.15, 0.2) is 77.7 Å². The summed E-state index contributed by atoms with van der Waals surface area (Å²) in [5.41, 5.74) is 3.60. The molecule has 0 heterocycles. The van der Waals surface area contributed by atoms with Gasteiger partial charge in [-0.2, -0.15) is 0 Å². The molecule has 0 aliphatic heterocycles. The normalized spacial score (nSPS) is 13.0. The zero-order chi connectivity index (χ0) is 19.0. The van der Waals surface area contributed by atoms with E-state index >= 15 is 0 Å². The zero-order valence-corrected chi connectivity index (χ0v) is 14.8. The molecule has 0 spiro atoms. The molecule has 134 valence electrons. The summed E-state index contributed by atoms with van der Waals surface area (Å²) >= 11 is 0. The van der Waals surface area contributed by atoms with Crippen LogP contribution in [0.4, 0.5) is 5.69 Å². The topological polar surface area (TPSA) is 92.3 Å². The summed E-state index contributed by atoms with van der Waals surface area (Å²) in [5, 5.41) is 0. The van der Waals surface area contributed by atoms with Crippen molar-refractivity contribution in [2.75, 3.05) is 5.43 Å². The monoisotopic (exact) mass is 378 g/mol. The van der Waals surface area contributed by atoms with Crippen LogP contribution in [-0.2, 0) is 10.0 Å². The second-order valence-corrected chi connectivity index (χ2v) is 7.63. The highest BCUT2D eigenvalue weighted by Crippen LogP contribution is 2.31. The predicted molar refractivity (Wildman–Crippen MR) is 100 cm³/mol. The number of nitrogens with one attached hydrogen (secondary N) is 2. The Morgan fingerprint density at radius 2 is 1.22 bits per heavy atom. The Hall–Kier alpha value is -3.29. The van der Waals surface area contributed by atoms with Gasteiger partial charge in [0.2, 0.25) is 0 Å². The number of anilines is 1. The van der Waals surface area contributed by atoms with Gasteiger partial charge in [-0.15, -0.1) is 4.83 Å². The summed E-state index contributed by atoms with van der Waals surface area (Å²) in [6.07, 6.45) is 0. The lowest BCUT2D eigenvalue weighted by Gasteiger charge is -2.20. The molecule has 3 aromatic rings. The van der Waals surface area contributed by atoms with Gasteiger partial charge < -0.3 is 5.43 Å². The highest BCUT2D eigenvalue weighted by atomic mass is 32.2. The lowest BCUT2D eigenvalue weighted by atomic mass is 9.84. The first-order valence-electron chi connectivity index (χ1n) is 8.13. The molecule has 0 saturated heterocycles. The van der Waals surface area contributed by atoms with E-state index in [0.717, 1.165) is 0 Å². The highest BCUT2D eigenvalue weighted by molar-refractivity contribution is 7.89. The van der Waals surface area contributed by atoms with Gasteiger partial charge in [0.05, 0.1) is 10.5 Å². The van der Waals surface area contributed by atoms with E-state index in [9.17, 15) is 18.0 Å². The van der Waals surface area contributed by atoms with E-state index in [2.05, 4.69) is 10.3 Å². The molecule has 0 unspecified atom stereocenters. The van der Waals surface area contributed by atoms with E-state index in [4.69, 9.17) is 0 Å². The fraction of sp³-hybridized carbons (Fsp3) is 0. The predicted octanol–water partition coefficient (Wildman–Crippen LogP) is 2.77. The lowest BCUT2D eigenvalue weighted by molar-refractivity contribution is 0.0976. The van der Waals surface area contributed by atoms with E-state index in [1.54, 1.807) is 48.5 Å². The molecule has 2 N–H and O–H groups in total. The van der Waals surface area contributed by atoms with Crippen molar-refractivity contribution >= 4 is 27.3 Å². The lowest BCUT2D eigenvalue weighted by Crippen LogP contribution is -2.32.